The van der Waals surface area contributed by atoms with Crippen molar-refractivity contribution in [1.82, 2.24) is 5.32 Å². The number of para-hydroxylation sites is 1. The molecule has 1 aliphatic rings. The normalized spacial score (nSPS) is 20.4. The van der Waals surface area contributed by atoms with Crippen molar-refractivity contribution in [3.05, 3.63) is 60.2 Å². The minimum atomic E-state index is -0.0435. The zero-order valence-electron chi connectivity index (χ0n) is 13.9. The Labute approximate surface area is 147 Å². The first-order valence-electron chi connectivity index (χ1n) is 8.43. The predicted octanol–water partition coefficient (Wildman–Crippen LogP) is 4.53. The van der Waals surface area contributed by atoms with E-state index in [-0.39, 0.29) is 11.9 Å². The second-order valence-corrected chi connectivity index (χ2v) is 7.35. The molecule has 126 valence electrons. The standard InChI is InChI=1S/C20H23NO2S/c1-23-18-13-7-5-11-16(18)20(22)21-17-12-6-8-14-19(17)24-15-9-3-2-4-10-15/h2-5,7,9-11,13,17,19H,6,8,12,14H2,1H3,(H,21,22)/t17-,19-/m1/s1. The quantitative estimate of drug-likeness (QED) is 0.868. The van der Waals surface area contributed by atoms with Gasteiger partial charge >= 0.3 is 0 Å². The number of benzene rings is 2. The summed E-state index contributed by atoms with van der Waals surface area (Å²) >= 11 is 1.87. The molecule has 1 amide bonds. The Bertz CT molecular complexity index is 674. The van der Waals surface area contributed by atoms with Gasteiger partial charge in [0.2, 0.25) is 0 Å². The topological polar surface area (TPSA) is 38.3 Å². The molecular weight excluding hydrogens is 318 g/mol. The van der Waals surface area contributed by atoms with E-state index in [0.717, 1.165) is 12.8 Å². The van der Waals surface area contributed by atoms with Crippen molar-refractivity contribution in [3.63, 3.8) is 0 Å². The number of ether oxygens (including phenoxy) is 1. The lowest BCUT2D eigenvalue weighted by molar-refractivity contribution is 0.0926. The number of carbonyl (C=O) groups is 1. The summed E-state index contributed by atoms with van der Waals surface area (Å²) < 4.78 is 5.31. The average Bonchev–Trinajstić information content (AvgIpc) is 2.64. The molecule has 2 aromatic rings. The maximum absolute atomic E-state index is 12.7. The Morgan fingerprint density at radius 2 is 1.75 bits per heavy atom. The van der Waals surface area contributed by atoms with Crippen LogP contribution < -0.4 is 10.1 Å². The summed E-state index contributed by atoms with van der Waals surface area (Å²) in [4.78, 5) is 14.0. The highest BCUT2D eigenvalue weighted by molar-refractivity contribution is 8.00. The van der Waals surface area contributed by atoms with Crippen LogP contribution in [0.3, 0.4) is 0 Å². The summed E-state index contributed by atoms with van der Waals surface area (Å²) in [5.41, 5.74) is 0.606. The second-order valence-electron chi connectivity index (χ2n) is 6.03. The van der Waals surface area contributed by atoms with Gasteiger partial charge in [0.05, 0.1) is 12.7 Å². The van der Waals surface area contributed by atoms with Crippen LogP contribution in [0.25, 0.3) is 0 Å². The second kappa shape index (κ2) is 8.25. The van der Waals surface area contributed by atoms with Crippen LogP contribution in [-0.2, 0) is 0 Å². The third-order valence-electron chi connectivity index (χ3n) is 4.40. The predicted molar refractivity (Wildman–Crippen MR) is 98.8 cm³/mol. The van der Waals surface area contributed by atoms with Crippen molar-refractivity contribution in [2.75, 3.05) is 7.11 Å². The fraction of sp³-hybridized carbons (Fsp3) is 0.350. The summed E-state index contributed by atoms with van der Waals surface area (Å²) in [6.45, 7) is 0. The maximum atomic E-state index is 12.7. The average molecular weight is 341 g/mol. The molecule has 1 N–H and O–H groups in total. The van der Waals surface area contributed by atoms with Crippen LogP contribution in [0.4, 0.5) is 0 Å². The van der Waals surface area contributed by atoms with Crippen LogP contribution >= 0.6 is 11.8 Å². The van der Waals surface area contributed by atoms with Gasteiger partial charge < -0.3 is 10.1 Å². The van der Waals surface area contributed by atoms with Crippen molar-refractivity contribution in [3.8, 4) is 5.75 Å². The van der Waals surface area contributed by atoms with Crippen molar-refractivity contribution in [2.45, 2.75) is 41.9 Å². The first kappa shape index (κ1) is 16.9. The monoisotopic (exact) mass is 341 g/mol. The van der Waals surface area contributed by atoms with Crippen LogP contribution in [-0.4, -0.2) is 24.3 Å². The summed E-state index contributed by atoms with van der Waals surface area (Å²) in [7, 11) is 1.60. The Morgan fingerprint density at radius 1 is 1.04 bits per heavy atom. The van der Waals surface area contributed by atoms with E-state index < -0.39 is 0 Å². The number of hydrogen-bond acceptors (Lipinski definition) is 3. The fourth-order valence-electron chi connectivity index (χ4n) is 3.16. The number of amides is 1. The lowest BCUT2D eigenvalue weighted by Crippen LogP contribution is -2.43. The third-order valence-corrected chi connectivity index (χ3v) is 5.81. The van der Waals surface area contributed by atoms with Gasteiger partial charge in [0.15, 0.2) is 0 Å². The van der Waals surface area contributed by atoms with E-state index in [1.165, 1.54) is 17.7 Å². The Balaban J connectivity index is 1.70. The molecule has 0 aromatic heterocycles. The Morgan fingerprint density at radius 3 is 2.54 bits per heavy atom. The minimum Gasteiger partial charge on any atom is -0.496 e. The summed E-state index contributed by atoms with van der Waals surface area (Å²) in [5, 5.41) is 3.66. The van der Waals surface area contributed by atoms with Gasteiger partial charge in [-0.15, -0.1) is 11.8 Å². The molecule has 3 rings (SSSR count). The molecule has 1 saturated carbocycles. The first-order chi connectivity index (χ1) is 11.8. The van der Waals surface area contributed by atoms with E-state index in [1.807, 2.05) is 42.1 Å². The zero-order chi connectivity index (χ0) is 16.8. The maximum Gasteiger partial charge on any atom is 0.255 e. The van der Waals surface area contributed by atoms with E-state index in [9.17, 15) is 4.79 Å². The van der Waals surface area contributed by atoms with Crippen LogP contribution in [0.15, 0.2) is 59.5 Å². The van der Waals surface area contributed by atoms with Crippen LogP contribution in [0.5, 0.6) is 5.75 Å². The molecule has 0 spiro atoms. The smallest absolute Gasteiger partial charge is 0.255 e. The van der Waals surface area contributed by atoms with Gasteiger partial charge in [0, 0.05) is 16.2 Å². The van der Waals surface area contributed by atoms with Crippen LogP contribution in [0, 0.1) is 0 Å². The summed E-state index contributed by atoms with van der Waals surface area (Å²) in [5.74, 6) is 0.580. The highest BCUT2D eigenvalue weighted by atomic mass is 32.2. The lowest BCUT2D eigenvalue weighted by atomic mass is 9.94. The molecule has 3 nitrogen and oxygen atoms in total. The molecule has 0 bridgehead atoms. The Kier molecular flexibility index (Phi) is 5.81. The molecule has 1 fully saturated rings. The van der Waals surface area contributed by atoms with Crippen molar-refractivity contribution < 1.29 is 9.53 Å². The van der Waals surface area contributed by atoms with Crippen molar-refractivity contribution in [2.24, 2.45) is 0 Å². The molecule has 0 radical (unpaired) electrons. The third kappa shape index (κ3) is 4.12. The largest absolute Gasteiger partial charge is 0.496 e. The highest BCUT2D eigenvalue weighted by Gasteiger charge is 2.28. The molecule has 24 heavy (non-hydrogen) atoms. The number of carbonyl (C=O) groups excluding carboxylic acids is 1. The van der Waals surface area contributed by atoms with Gasteiger partial charge in [-0.3, -0.25) is 4.79 Å². The summed E-state index contributed by atoms with van der Waals surface area (Å²) in [6.07, 6.45) is 4.57. The number of thioether (sulfide) groups is 1. The van der Waals surface area contributed by atoms with Gasteiger partial charge in [-0.2, -0.15) is 0 Å². The van der Waals surface area contributed by atoms with E-state index >= 15 is 0 Å². The van der Waals surface area contributed by atoms with E-state index in [4.69, 9.17) is 4.74 Å². The SMILES string of the molecule is COc1ccccc1C(=O)N[C@@H]1CCCC[C@H]1Sc1ccccc1. The van der Waals surface area contributed by atoms with Gasteiger partial charge in [0.25, 0.3) is 5.91 Å². The first-order valence-corrected chi connectivity index (χ1v) is 9.31. The van der Waals surface area contributed by atoms with Gasteiger partial charge in [0.1, 0.15) is 5.75 Å². The highest BCUT2D eigenvalue weighted by Crippen LogP contribution is 2.34. The molecule has 2 atom stereocenters. The van der Waals surface area contributed by atoms with E-state index in [0.29, 0.717) is 16.6 Å². The van der Waals surface area contributed by atoms with Gasteiger partial charge in [-0.05, 0) is 37.1 Å². The fourth-order valence-corrected chi connectivity index (χ4v) is 4.47. The van der Waals surface area contributed by atoms with Crippen molar-refractivity contribution in [1.29, 1.82) is 0 Å². The van der Waals surface area contributed by atoms with Crippen LogP contribution in [0.1, 0.15) is 36.0 Å². The van der Waals surface area contributed by atoms with E-state index in [1.54, 1.807) is 7.11 Å². The lowest BCUT2D eigenvalue weighted by Gasteiger charge is -2.32. The van der Waals surface area contributed by atoms with E-state index in [2.05, 4.69) is 29.6 Å². The van der Waals surface area contributed by atoms with Crippen molar-refractivity contribution >= 4 is 17.7 Å². The van der Waals surface area contributed by atoms with Gasteiger partial charge in [-0.1, -0.05) is 43.2 Å². The Hall–Kier alpha value is -1.94. The number of rotatable bonds is 5. The molecule has 1 aliphatic carbocycles. The minimum absolute atomic E-state index is 0.0435. The molecular formula is C20H23NO2S. The number of nitrogens with one attached hydrogen (secondary N) is 1. The number of hydrogen-bond donors (Lipinski definition) is 1. The number of methoxy groups -OCH3 is 1. The molecule has 0 aliphatic heterocycles. The molecule has 4 heteroatoms. The van der Waals surface area contributed by atoms with Crippen LogP contribution in [0.2, 0.25) is 0 Å². The molecule has 0 saturated heterocycles. The zero-order valence-corrected chi connectivity index (χ0v) is 14.7. The van der Waals surface area contributed by atoms with Gasteiger partial charge in [-0.25, -0.2) is 0 Å². The molecule has 0 heterocycles. The molecule has 2 aromatic carbocycles. The summed E-state index contributed by atoms with van der Waals surface area (Å²) in [6, 6.07) is 18.0. The molecule has 0 unspecified atom stereocenters.